The van der Waals surface area contributed by atoms with E-state index in [4.69, 9.17) is 5.26 Å². The molecule has 5 nitrogen and oxygen atoms in total. The number of aromatic nitrogens is 1. The van der Waals surface area contributed by atoms with Crippen molar-refractivity contribution in [1.29, 1.82) is 5.26 Å². The zero-order chi connectivity index (χ0) is 18.7. The molecule has 25 heavy (non-hydrogen) atoms. The van der Waals surface area contributed by atoms with Crippen LogP contribution in [0, 0.1) is 11.3 Å². The normalized spacial score (nSPS) is 13.8. The molecular weight excluding hydrogens is 375 g/mol. The maximum Gasteiger partial charge on any atom is 0.417 e. The quantitative estimate of drug-likeness (QED) is 0.767. The number of thioether (sulfide) groups is 1. The lowest BCUT2D eigenvalue weighted by molar-refractivity contribution is -0.137. The van der Waals surface area contributed by atoms with Crippen molar-refractivity contribution in [3.05, 3.63) is 40.9 Å². The molecular formula is C15H12F3N3O2S2. The number of hydrogen-bond acceptors (Lipinski definition) is 6. The number of carbonyl (C=O) groups excluding carboxylic acids is 1. The van der Waals surface area contributed by atoms with Crippen molar-refractivity contribution in [1.82, 2.24) is 4.98 Å². The molecule has 1 aromatic carbocycles. The smallest absolute Gasteiger partial charge is 0.379 e. The van der Waals surface area contributed by atoms with Crippen molar-refractivity contribution < 1.29 is 23.1 Å². The molecule has 0 spiro atoms. The maximum atomic E-state index is 12.9. The van der Waals surface area contributed by atoms with E-state index in [0.29, 0.717) is 10.4 Å². The minimum atomic E-state index is -4.73. The van der Waals surface area contributed by atoms with Crippen molar-refractivity contribution in [3.8, 4) is 6.07 Å². The van der Waals surface area contributed by atoms with Crippen LogP contribution >= 0.6 is 23.1 Å². The minimum absolute atomic E-state index is 0.0191. The Morgan fingerprint density at radius 3 is 2.76 bits per heavy atom. The third kappa shape index (κ3) is 4.94. The first-order chi connectivity index (χ1) is 11.6. The van der Waals surface area contributed by atoms with E-state index in [9.17, 15) is 23.1 Å². The Balaban J connectivity index is 2.12. The minimum Gasteiger partial charge on any atom is -0.379 e. The first-order valence-corrected chi connectivity index (χ1v) is 8.67. The predicted octanol–water partition coefficient (Wildman–Crippen LogP) is 3.52. The number of aliphatic hydroxyl groups is 1. The second-order valence-corrected chi connectivity index (χ2v) is 7.30. The van der Waals surface area contributed by atoms with Gasteiger partial charge in [-0.2, -0.15) is 18.4 Å². The van der Waals surface area contributed by atoms with Crippen LogP contribution in [0.3, 0.4) is 0 Å². The SMILES string of the molecule is CC(O)(CSc1nccs1)C(=O)Nc1ccc(C#N)c(C(F)(F)F)c1. The number of nitrogens with zero attached hydrogens (tertiary/aromatic N) is 2. The molecule has 0 radical (unpaired) electrons. The van der Waals surface area contributed by atoms with E-state index in [1.54, 1.807) is 11.6 Å². The molecule has 10 heteroatoms. The highest BCUT2D eigenvalue weighted by Gasteiger charge is 2.35. The monoisotopic (exact) mass is 387 g/mol. The van der Waals surface area contributed by atoms with Crippen LogP contribution in [0.25, 0.3) is 0 Å². The summed E-state index contributed by atoms with van der Waals surface area (Å²) in [7, 11) is 0. The molecule has 0 saturated heterocycles. The highest BCUT2D eigenvalue weighted by Crippen LogP contribution is 2.34. The van der Waals surface area contributed by atoms with Gasteiger partial charge in [-0.15, -0.1) is 11.3 Å². The van der Waals surface area contributed by atoms with E-state index >= 15 is 0 Å². The average Bonchev–Trinajstić information content (AvgIpc) is 3.05. The molecule has 1 amide bonds. The number of anilines is 1. The van der Waals surface area contributed by atoms with E-state index in [2.05, 4.69) is 10.3 Å². The van der Waals surface area contributed by atoms with Gasteiger partial charge >= 0.3 is 6.18 Å². The van der Waals surface area contributed by atoms with E-state index in [1.807, 2.05) is 0 Å². The Hall–Kier alpha value is -2.09. The van der Waals surface area contributed by atoms with Crippen LogP contribution in [-0.2, 0) is 11.0 Å². The summed E-state index contributed by atoms with van der Waals surface area (Å²) in [5.74, 6) is -0.872. The van der Waals surface area contributed by atoms with Gasteiger partial charge in [-0.1, -0.05) is 11.8 Å². The van der Waals surface area contributed by atoms with Crippen LogP contribution in [0.15, 0.2) is 34.1 Å². The van der Waals surface area contributed by atoms with Gasteiger partial charge in [0.15, 0.2) is 0 Å². The van der Waals surface area contributed by atoms with E-state index < -0.39 is 28.8 Å². The molecule has 2 N–H and O–H groups in total. The molecule has 1 atom stereocenters. The molecule has 1 heterocycles. The third-order valence-corrected chi connectivity index (χ3v) is 5.34. The molecule has 0 aliphatic heterocycles. The lowest BCUT2D eigenvalue weighted by Crippen LogP contribution is -2.42. The summed E-state index contributed by atoms with van der Waals surface area (Å²) in [6, 6.07) is 4.27. The van der Waals surface area contributed by atoms with Gasteiger partial charge in [-0.05, 0) is 25.1 Å². The number of thiazole rings is 1. The second kappa shape index (κ2) is 7.43. The van der Waals surface area contributed by atoms with Crippen molar-refractivity contribution in [3.63, 3.8) is 0 Å². The molecule has 0 aliphatic rings. The first-order valence-electron chi connectivity index (χ1n) is 6.81. The first kappa shape index (κ1) is 19.2. The fourth-order valence-corrected chi connectivity index (χ4v) is 3.42. The van der Waals surface area contributed by atoms with Crippen LogP contribution in [0.1, 0.15) is 18.1 Å². The Labute approximate surface area is 149 Å². The summed E-state index contributed by atoms with van der Waals surface area (Å²) in [4.78, 5) is 16.2. The Bertz CT molecular complexity index is 799. The number of nitrogens with one attached hydrogen (secondary N) is 1. The largest absolute Gasteiger partial charge is 0.417 e. The van der Waals surface area contributed by atoms with Gasteiger partial charge < -0.3 is 10.4 Å². The molecule has 0 bridgehead atoms. The van der Waals surface area contributed by atoms with Crippen molar-refractivity contribution in [2.75, 3.05) is 11.1 Å². The number of halogens is 3. The van der Waals surface area contributed by atoms with Crippen molar-refractivity contribution in [2.45, 2.75) is 23.0 Å². The molecule has 0 aliphatic carbocycles. The fourth-order valence-electron chi connectivity index (χ4n) is 1.77. The lowest BCUT2D eigenvalue weighted by atomic mass is 10.1. The highest BCUT2D eigenvalue weighted by molar-refractivity contribution is 8.01. The predicted molar refractivity (Wildman–Crippen MR) is 88.3 cm³/mol. The number of alkyl halides is 3. The van der Waals surface area contributed by atoms with Gasteiger partial charge in [-0.3, -0.25) is 4.79 Å². The zero-order valence-corrected chi connectivity index (χ0v) is 14.4. The molecule has 0 saturated carbocycles. The highest BCUT2D eigenvalue weighted by atomic mass is 32.2. The summed E-state index contributed by atoms with van der Waals surface area (Å²) in [5, 5.41) is 23.0. The Morgan fingerprint density at radius 2 is 2.20 bits per heavy atom. The Morgan fingerprint density at radius 1 is 1.48 bits per heavy atom. The van der Waals surface area contributed by atoms with Crippen LogP contribution in [0.2, 0.25) is 0 Å². The van der Waals surface area contributed by atoms with Gasteiger partial charge in [0.1, 0.15) is 9.94 Å². The number of benzene rings is 1. The van der Waals surface area contributed by atoms with Crippen LogP contribution in [-0.4, -0.2) is 27.4 Å². The molecule has 132 valence electrons. The lowest BCUT2D eigenvalue weighted by Gasteiger charge is -2.21. The molecule has 1 aromatic heterocycles. The standard InChI is InChI=1S/C15H12F3N3O2S2/c1-14(23,8-25-13-20-4-5-24-13)12(22)21-10-3-2-9(7-19)11(6-10)15(16,17)18/h2-6,23H,8H2,1H3,(H,21,22). The van der Waals surface area contributed by atoms with Crippen molar-refractivity contribution in [2.24, 2.45) is 0 Å². The topological polar surface area (TPSA) is 86.0 Å². The summed E-state index contributed by atoms with van der Waals surface area (Å²) in [6.07, 6.45) is -3.15. The van der Waals surface area contributed by atoms with Gasteiger partial charge in [0.25, 0.3) is 5.91 Å². The number of nitriles is 1. The summed E-state index contributed by atoms with van der Waals surface area (Å²) >= 11 is 2.50. The summed E-state index contributed by atoms with van der Waals surface area (Å²) in [5.41, 5.74) is -3.67. The second-order valence-electron chi connectivity index (χ2n) is 5.18. The van der Waals surface area contributed by atoms with Crippen LogP contribution < -0.4 is 5.32 Å². The Kier molecular flexibility index (Phi) is 5.72. The van der Waals surface area contributed by atoms with E-state index in [0.717, 1.165) is 17.8 Å². The fraction of sp³-hybridized carbons (Fsp3) is 0.267. The summed E-state index contributed by atoms with van der Waals surface area (Å²) in [6.45, 7) is 1.26. The van der Waals surface area contributed by atoms with Crippen molar-refractivity contribution >= 4 is 34.7 Å². The van der Waals surface area contributed by atoms with E-state index in [-0.39, 0.29) is 11.4 Å². The number of rotatable bonds is 5. The number of hydrogen-bond donors (Lipinski definition) is 2. The average molecular weight is 387 g/mol. The van der Waals surface area contributed by atoms with Gasteiger partial charge in [0.2, 0.25) is 0 Å². The third-order valence-electron chi connectivity index (χ3n) is 3.08. The molecule has 1 unspecified atom stereocenters. The van der Waals surface area contributed by atoms with Gasteiger partial charge in [0.05, 0.1) is 17.2 Å². The van der Waals surface area contributed by atoms with Crippen LogP contribution in [0.4, 0.5) is 18.9 Å². The molecule has 2 aromatic rings. The maximum absolute atomic E-state index is 12.9. The molecule has 0 fully saturated rings. The van der Waals surface area contributed by atoms with E-state index in [1.165, 1.54) is 30.4 Å². The van der Waals surface area contributed by atoms with Gasteiger partial charge in [-0.25, -0.2) is 4.98 Å². The number of amides is 1. The zero-order valence-electron chi connectivity index (χ0n) is 12.8. The van der Waals surface area contributed by atoms with Crippen LogP contribution in [0.5, 0.6) is 0 Å². The summed E-state index contributed by atoms with van der Waals surface area (Å²) < 4.78 is 39.5. The van der Waals surface area contributed by atoms with Gasteiger partial charge in [0, 0.05) is 23.0 Å². The number of carbonyl (C=O) groups is 1. The molecule has 2 rings (SSSR count).